The van der Waals surface area contributed by atoms with Crippen molar-refractivity contribution in [3.63, 3.8) is 0 Å². The van der Waals surface area contributed by atoms with E-state index in [0.29, 0.717) is 24.7 Å². The summed E-state index contributed by atoms with van der Waals surface area (Å²) in [6, 6.07) is 13.2. The van der Waals surface area contributed by atoms with Gasteiger partial charge in [0.05, 0.1) is 13.2 Å². The number of nitrogens with one attached hydrogen (secondary N) is 1. The fraction of sp³-hybridized carbons (Fsp3) is 0.391. The first-order valence-corrected chi connectivity index (χ1v) is 10.1. The zero-order chi connectivity index (χ0) is 21.5. The van der Waals surface area contributed by atoms with Gasteiger partial charge < -0.3 is 24.4 Å². The summed E-state index contributed by atoms with van der Waals surface area (Å²) >= 11 is 0. The predicted octanol–water partition coefficient (Wildman–Crippen LogP) is 3.09. The van der Waals surface area contributed by atoms with E-state index in [9.17, 15) is 9.59 Å². The second-order valence-corrected chi connectivity index (χ2v) is 7.30. The van der Waals surface area contributed by atoms with Crippen LogP contribution in [0.15, 0.2) is 42.5 Å². The third-order valence-electron chi connectivity index (χ3n) is 5.02. The topological polar surface area (TPSA) is 77.1 Å². The number of nitrogens with zero attached hydrogens (tertiary/aromatic N) is 1. The Labute approximate surface area is 176 Å². The van der Waals surface area contributed by atoms with Gasteiger partial charge >= 0.3 is 5.97 Å². The maximum atomic E-state index is 12.3. The minimum absolute atomic E-state index is 0.256. The molecule has 0 radical (unpaired) electrons. The molecule has 7 nitrogen and oxygen atoms in total. The average Bonchev–Trinajstić information content (AvgIpc) is 2.75. The number of carbonyl (C=O) groups is 2. The van der Waals surface area contributed by atoms with E-state index in [1.54, 1.807) is 6.07 Å². The van der Waals surface area contributed by atoms with Gasteiger partial charge in [0.15, 0.2) is 12.7 Å². The van der Waals surface area contributed by atoms with Gasteiger partial charge in [-0.25, -0.2) is 4.79 Å². The van der Waals surface area contributed by atoms with E-state index >= 15 is 0 Å². The lowest BCUT2D eigenvalue weighted by Gasteiger charge is -2.28. The van der Waals surface area contributed by atoms with Crippen LogP contribution in [0.25, 0.3) is 0 Å². The van der Waals surface area contributed by atoms with Gasteiger partial charge in [0, 0.05) is 24.5 Å². The Morgan fingerprint density at radius 1 is 1.07 bits per heavy atom. The predicted molar refractivity (Wildman–Crippen MR) is 115 cm³/mol. The van der Waals surface area contributed by atoms with Gasteiger partial charge in [0.2, 0.25) is 0 Å². The number of morpholine rings is 1. The van der Waals surface area contributed by atoms with Crippen molar-refractivity contribution in [2.75, 3.05) is 43.1 Å². The average molecular weight is 412 g/mol. The highest BCUT2D eigenvalue weighted by Gasteiger charge is 2.19. The number of hydrogen-bond donors (Lipinski definition) is 1. The SMILES string of the molecule is Cc1ccc(OCC(=O)O[C@@H](C)C(=O)Nc2ccc(N3CCOCC3)cc2)cc1C. The molecule has 0 aliphatic carbocycles. The highest BCUT2D eigenvalue weighted by Crippen LogP contribution is 2.19. The smallest absolute Gasteiger partial charge is 0.344 e. The first-order chi connectivity index (χ1) is 14.4. The third kappa shape index (κ3) is 5.97. The molecule has 30 heavy (non-hydrogen) atoms. The molecule has 0 saturated carbocycles. The van der Waals surface area contributed by atoms with Crippen molar-refractivity contribution in [2.45, 2.75) is 26.9 Å². The third-order valence-corrected chi connectivity index (χ3v) is 5.02. The standard InChI is InChI=1S/C23H28N2O5/c1-16-4-9-21(14-17(16)2)29-15-22(26)30-18(3)23(27)24-19-5-7-20(8-6-19)25-10-12-28-13-11-25/h4-9,14,18H,10-13,15H2,1-3H3,(H,24,27)/t18-/m0/s1. The largest absolute Gasteiger partial charge is 0.482 e. The number of aryl methyl sites for hydroxylation is 2. The van der Waals surface area contributed by atoms with Crippen molar-refractivity contribution >= 4 is 23.3 Å². The molecule has 0 spiro atoms. The molecule has 1 heterocycles. The first kappa shape index (κ1) is 21.6. The monoisotopic (exact) mass is 412 g/mol. The highest BCUT2D eigenvalue weighted by molar-refractivity contribution is 5.95. The van der Waals surface area contributed by atoms with E-state index in [2.05, 4.69) is 10.2 Å². The molecule has 7 heteroatoms. The highest BCUT2D eigenvalue weighted by atomic mass is 16.6. The number of benzene rings is 2. The van der Waals surface area contributed by atoms with E-state index in [-0.39, 0.29) is 6.61 Å². The van der Waals surface area contributed by atoms with Gasteiger partial charge in [-0.3, -0.25) is 4.79 Å². The van der Waals surface area contributed by atoms with E-state index in [1.807, 2.05) is 50.2 Å². The van der Waals surface area contributed by atoms with Crippen molar-refractivity contribution in [3.05, 3.63) is 53.6 Å². The Morgan fingerprint density at radius 2 is 1.77 bits per heavy atom. The first-order valence-electron chi connectivity index (χ1n) is 10.1. The molecule has 1 amide bonds. The number of anilines is 2. The molecular weight excluding hydrogens is 384 g/mol. The molecule has 1 aliphatic rings. The summed E-state index contributed by atoms with van der Waals surface area (Å²) in [5.41, 5.74) is 3.95. The molecule has 1 aliphatic heterocycles. The normalized spacial score (nSPS) is 14.7. The van der Waals surface area contributed by atoms with Gasteiger partial charge in [-0.2, -0.15) is 0 Å². The Morgan fingerprint density at radius 3 is 2.43 bits per heavy atom. The van der Waals surface area contributed by atoms with Gasteiger partial charge in [0.25, 0.3) is 5.91 Å². The van der Waals surface area contributed by atoms with Gasteiger partial charge in [-0.05, 0) is 68.3 Å². The van der Waals surface area contributed by atoms with Crippen molar-refractivity contribution in [1.29, 1.82) is 0 Å². The van der Waals surface area contributed by atoms with Crippen LogP contribution in [-0.4, -0.2) is 50.9 Å². The number of ether oxygens (including phenoxy) is 3. The van der Waals surface area contributed by atoms with Crippen LogP contribution in [0.1, 0.15) is 18.1 Å². The minimum Gasteiger partial charge on any atom is -0.482 e. The van der Waals surface area contributed by atoms with Crippen LogP contribution in [0.2, 0.25) is 0 Å². The summed E-state index contributed by atoms with van der Waals surface area (Å²) in [5.74, 6) is -0.403. The Hall–Kier alpha value is -3.06. The molecule has 0 aromatic heterocycles. The number of rotatable bonds is 7. The molecule has 2 aromatic carbocycles. The van der Waals surface area contributed by atoms with Crippen LogP contribution in [-0.2, 0) is 19.1 Å². The fourth-order valence-corrected chi connectivity index (χ4v) is 3.05. The summed E-state index contributed by atoms with van der Waals surface area (Å²) in [7, 11) is 0. The van der Waals surface area contributed by atoms with Crippen LogP contribution in [0, 0.1) is 13.8 Å². The quantitative estimate of drug-likeness (QED) is 0.705. The lowest BCUT2D eigenvalue weighted by atomic mass is 10.1. The molecule has 1 saturated heterocycles. The van der Waals surface area contributed by atoms with Crippen LogP contribution < -0.4 is 15.0 Å². The molecule has 0 bridgehead atoms. The molecule has 0 unspecified atom stereocenters. The summed E-state index contributed by atoms with van der Waals surface area (Å²) in [6.07, 6.45) is -0.931. The summed E-state index contributed by atoms with van der Waals surface area (Å²) in [6.45, 7) is 8.39. The zero-order valence-corrected chi connectivity index (χ0v) is 17.6. The van der Waals surface area contributed by atoms with Crippen LogP contribution in [0.3, 0.4) is 0 Å². The maximum Gasteiger partial charge on any atom is 0.344 e. The number of amides is 1. The second-order valence-electron chi connectivity index (χ2n) is 7.30. The fourth-order valence-electron chi connectivity index (χ4n) is 3.05. The van der Waals surface area contributed by atoms with Crippen molar-refractivity contribution in [1.82, 2.24) is 0 Å². The minimum atomic E-state index is -0.931. The van der Waals surface area contributed by atoms with Gasteiger partial charge in [-0.1, -0.05) is 6.07 Å². The molecule has 160 valence electrons. The lowest BCUT2D eigenvalue weighted by Crippen LogP contribution is -2.36. The molecule has 2 aromatic rings. The van der Waals surface area contributed by atoms with Gasteiger partial charge in [-0.15, -0.1) is 0 Å². The lowest BCUT2D eigenvalue weighted by molar-refractivity contribution is -0.155. The Kier molecular flexibility index (Phi) is 7.30. The molecule has 1 atom stereocenters. The number of hydrogen-bond acceptors (Lipinski definition) is 6. The Bertz CT molecular complexity index is 876. The number of esters is 1. The van der Waals surface area contributed by atoms with E-state index in [0.717, 1.165) is 29.9 Å². The van der Waals surface area contributed by atoms with E-state index in [4.69, 9.17) is 14.2 Å². The van der Waals surface area contributed by atoms with E-state index < -0.39 is 18.0 Å². The molecular formula is C23H28N2O5. The van der Waals surface area contributed by atoms with Crippen LogP contribution in [0.4, 0.5) is 11.4 Å². The van der Waals surface area contributed by atoms with E-state index in [1.165, 1.54) is 6.92 Å². The molecule has 3 rings (SSSR count). The maximum absolute atomic E-state index is 12.3. The zero-order valence-electron chi connectivity index (χ0n) is 17.6. The van der Waals surface area contributed by atoms with Crippen molar-refractivity contribution in [2.24, 2.45) is 0 Å². The summed E-state index contributed by atoms with van der Waals surface area (Å²) in [4.78, 5) is 26.6. The van der Waals surface area contributed by atoms with Crippen molar-refractivity contribution in [3.8, 4) is 5.75 Å². The Balaban J connectivity index is 1.45. The summed E-state index contributed by atoms with van der Waals surface area (Å²) in [5, 5.41) is 2.76. The number of carbonyl (C=O) groups excluding carboxylic acids is 2. The van der Waals surface area contributed by atoms with Gasteiger partial charge in [0.1, 0.15) is 5.75 Å². The molecule has 1 fully saturated rings. The molecule has 1 N–H and O–H groups in total. The van der Waals surface area contributed by atoms with Crippen LogP contribution >= 0.6 is 0 Å². The van der Waals surface area contributed by atoms with Crippen molar-refractivity contribution < 1.29 is 23.8 Å². The van der Waals surface area contributed by atoms with Crippen LogP contribution in [0.5, 0.6) is 5.75 Å². The second kappa shape index (κ2) is 10.1. The summed E-state index contributed by atoms with van der Waals surface area (Å²) < 4.78 is 16.0.